The molecule has 3 heteroatoms. The first-order valence-electron chi connectivity index (χ1n) is 6.20. The number of unbranched alkanes of at least 4 members (excludes halogenated alkanes) is 2. The molecule has 0 radical (unpaired) electrons. The van der Waals surface area contributed by atoms with Gasteiger partial charge in [0.1, 0.15) is 0 Å². The van der Waals surface area contributed by atoms with Crippen molar-refractivity contribution in [3.8, 4) is 0 Å². The van der Waals surface area contributed by atoms with Crippen molar-refractivity contribution >= 4 is 8.56 Å². The highest BCUT2D eigenvalue weighted by molar-refractivity contribution is 6.67. The van der Waals surface area contributed by atoms with Crippen LogP contribution in [0.25, 0.3) is 0 Å². The van der Waals surface area contributed by atoms with Gasteiger partial charge >= 0.3 is 8.56 Å². The molecule has 0 saturated heterocycles. The maximum Gasteiger partial charge on any atom is 0.337 e. The highest BCUT2D eigenvalue weighted by atomic mass is 28.4. The molecular weight excluding hydrogens is 204 g/mol. The Hall–Kier alpha value is 0.137. The Bertz CT molecular complexity index is 145. The molecule has 0 amide bonds. The second-order valence-corrected chi connectivity index (χ2v) is 8.35. The van der Waals surface area contributed by atoms with Crippen molar-refractivity contribution in [1.29, 1.82) is 0 Å². The average molecular weight is 232 g/mol. The zero-order valence-corrected chi connectivity index (χ0v) is 12.1. The molecule has 0 rings (SSSR count). The molecule has 0 aromatic rings. The third-order valence-corrected chi connectivity index (χ3v) is 6.66. The fraction of sp³-hybridized carbons (Fsp3) is 1.00. The zero-order chi connectivity index (χ0) is 11.7. The second-order valence-electron chi connectivity index (χ2n) is 4.71. The Morgan fingerprint density at radius 1 is 1.00 bits per heavy atom. The van der Waals surface area contributed by atoms with E-state index in [1.807, 2.05) is 14.2 Å². The molecule has 0 aromatic heterocycles. The van der Waals surface area contributed by atoms with Gasteiger partial charge in [0.2, 0.25) is 0 Å². The summed E-state index contributed by atoms with van der Waals surface area (Å²) in [6.45, 7) is 6.75. The van der Waals surface area contributed by atoms with Gasteiger partial charge in [-0.05, 0) is 24.4 Å². The van der Waals surface area contributed by atoms with Gasteiger partial charge in [0.15, 0.2) is 0 Å². The molecule has 0 unspecified atom stereocenters. The van der Waals surface area contributed by atoms with E-state index in [0.29, 0.717) is 0 Å². The standard InChI is InChI=1S/C12H28O2Si/c1-6-7-8-10-15(13-4,14-5)11-9-12(2)3/h12H,6-11H2,1-5H3. The summed E-state index contributed by atoms with van der Waals surface area (Å²) in [5.74, 6) is 0.744. The lowest BCUT2D eigenvalue weighted by molar-refractivity contribution is 0.237. The average Bonchev–Trinajstić information content (AvgIpc) is 2.23. The minimum absolute atomic E-state index is 0.744. The number of rotatable bonds is 9. The predicted octanol–water partition coefficient (Wildman–Crippen LogP) is 3.96. The van der Waals surface area contributed by atoms with Crippen LogP contribution in [0.15, 0.2) is 0 Å². The van der Waals surface area contributed by atoms with E-state index in [-0.39, 0.29) is 0 Å². The van der Waals surface area contributed by atoms with Gasteiger partial charge in [0.05, 0.1) is 0 Å². The van der Waals surface area contributed by atoms with Gasteiger partial charge in [0, 0.05) is 14.2 Å². The molecule has 92 valence electrons. The SMILES string of the molecule is CCCCC[Si](CCC(C)C)(OC)OC. The van der Waals surface area contributed by atoms with E-state index in [1.54, 1.807) is 0 Å². The molecule has 15 heavy (non-hydrogen) atoms. The van der Waals surface area contributed by atoms with E-state index < -0.39 is 8.56 Å². The molecule has 0 aliphatic heterocycles. The summed E-state index contributed by atoms with van der Waals surface area (Å²) in [5, 5.41) is 0. The van der Waals surface area contributed by atoms with Gasteiger partial charge in [-0.2, -0.15) is 0 Å². The third kappa shape index (κ3) is 6.33. The molecule has 0 aliphatic rings. The Kier molecular flexibility index (Phi) is 8.38. The quantitative estimate of drug-likeness (QED) is 0.442. The van der Waals surface area contributed by atoms with Gasteiger partial charge in [0.25, 0.3) is 0 Å². The normalized spacial score (nSPS) is 12.4. The van der Waals surface area contributed by atoms with Crippen LogP contribution in [0.1, 0.15) is 46.5 Å². The lowest BCUT2D eigenvalue weighted by Crippen LogP contribution is -2.40. The first-order chi connectivity index (χ1) is 7.10. The van der Waals surface area contributed by atoms with Crippen molar-refractivity contribution < 1.29 is 8.85 Å². The Balaban J connectivity index is 4.05. The van der Waals surface area contributed by atoms with E-state index in [2.05, 4.69) is 20.8 Å². The minimum Gasteiger partial charge on any atom is -0.398 e. The van der Waals surface area contributed by atoms with Crippen LogP contribution in [-0.2, 0) is 8.85 Å². The van der Waals surface area contributed by atoms with Crippen LogP contribution < -0.4 is 0 Å². The Morgan fingerprint density at radius 2 is 1.60 bits per heavy atom. The van der Waals surface area contributed by atoms with Crippen molar-refractivity contribution in [2.45, 2.75) is 58.5 Å². The van der Waals surface area contributed by atoms with Gasteiger partial charge in [-0.1, -0.05) is 40.0 Å². The van der Waals surface area contributed by atoms with Crippen LogP contribution in [0.3, 0.4) is 0 Å². The smallest absolute Gasteiger partial charge is 0.337 e. The first-order valence-corrected chi connectivity index (χ1v) is 8.43. The van der Waals surface area contributed by atoms with E-state index in [9.17, 15) is 0 Å². The van der Waals surface area contributed by atoms with Crippen molar-refractivity contribution in [3.05, 3.63) is 0 Å². The van der Waals surface area contributed by atoms with Crippen LogP contribution in [0.2, 0.25) is 12.1 Å². The second kappa shape index (κ2) is 8.31. The summed E-state index contributed by atoms with van der Waals surface area (Å²) in [4.78, 5) is 0. The summed E-state index contributed by atoms with van der Waals surface area (Å²) in [7, 11) is 1.80. The number of hydrogen-bond donors (Lipinski definition) is 0. The van der Waals surface area contributed by atoms with E-state index >= 15 is 0 Å². The predicted molar refractivity (Wildman–Crippen MR) is 68.4 cm³/mol. The van der Waals surface area contributed by atoms with Crippen molar-refractivity contribution in [1.82, 2.24) is 0 Å². The summed E-state index contributed by atoms with van der Waals surface area (Å²) < 4.78 is 11.4. The summed E-state index contributed by atoms with van der Waals surface area (Å²) in [6.07, 6.45) is 5.04. The van der Waals surface area contributed by atoms with Crippen molar-refractivity contribution in [2.75, 3.05) is 14.2 Å². The van der Waals surface area contributed by atoms with Crippen molar-refractivity contribution in [2.24, 2.45) is 5.92 Å². The van der Waals surface area contributed by atoms with Crippen LogP contribution in [-0.4, -0.2) is 22.8 Å². The lowest BCUT2D eigenvalue weighted by Gasteiger charge is -2.28. The largest absolute Gasteiger partial charge is 0.398 e. The van der Waals surface area contributed by atoms with E-state index in [4.69, 9.17) is 8.85 Å². The maximum atomic E-state index is 5.70. The van der Waals surface area contributed by atoms with Gasteiger partial charge in [-0.25, -0.2) is 0 Å². The van der Waals surface area contributed by atoms with Crippen molar-refractivity contribution in [3.63, 3.8) is 0 Å². The zero-order valence-electron chi connectivity index (χ0n) is 11.1. The van der Waals surface area contributed by atoms with Crippen LogP contribution in [0.4, 0.5) is 0 Å². The Labute approximate surface area is 96.6 Å². The summed E-state index contributed by atoms with van der Waals surface area (Å²) in [5.41, 5.74) is 0. The van der Waals surface area contributed by atoms with Gasteiger partial charge in [-0.15, -0.1) is 0 Å². The fourth-order valence-electron chi connectivity index (χ4n) is 1.77. The first kappa shape index (κ1) is 15.1. The molecular formula is C12H28O2Si. The van der Waals surface area contributed by atoms with Gasteiger partial charge in [-0.3, -0.25) is 0 Å². The lowest BCUT2D eigenvalue weighted by atomic mass is 10.2. The molecule has 0 N–H and O–H groups in total. The highest BCUT2D eigenvalue weighted by Gasteiger charge is 2.34. The van der Waals surface area contributed by atoms with Crippen LogP contribution in [0, 0.1) is 5.92 Å². The molecule has 0 aliphatic carbocycles. The molecule has 2 nitrogen and oxygen atoms in total. The van der Waals surface area contributed by atoms with Crippen LogP contribution >= 0.6 is 0 Å². The highest BCUT2D eigenvalue weighted by Crippen LogP contribution is 2.24. The molecule has 0 saturated carbocycles. The van der Waals surface area contributed by atoms with Gasteiger partial charge < -0.3 is 8.85 Å². The summed E-state index contributed by atoms with van der Waals surface area (Å²) >= 11 is 0. The summed E-state index contributed by atoms with van der Waals surface area (Å²) in [6, 6.07) is 2.29. The molecule has 0 spiro atoms. The topological polar surface area (TPSA) is 18.5 Å². The fourth-order valence-corrected chi connectivity index (χ4v) is 4.81. The molecule has 0 aromatic carbocycles. The molecule has 0 fully saturated rings. The maximum absolute atomic E-state index is 5.70. The monoisotopic (exact) mass is 232 g/mol. The number of hydrogen-bond acceptors (Lipinski definition) is 2. The van der Waals surface area contributed by atoms with Crippen LogP contribution in [0.5, 0.6) is 0 Å². The molecule has 0 heterocycles. The Morgan fingerprint density at radius 3 is 2.00 bits per heavy atom. The van der Waals surface area contributed by atoms with E-state index in [1.165, 1.54) is 25.7 Å². The third-order valence-electron chi connectivity index (χ3n) is 3.01. The molecule has 0 atom stereocenters. The van der Waals surface area contributed by atoms with E-state index in [0.717, 1.165) is 18.0 Å². The molecule has 0 bridgehead atoms. The minimum atomic E-state index is -1.84.